The fourth-order valence-corrected chi connectivity index (χ4v) is 4.95. The van der Waals surface area contributed by atoms with Gasteiger partial charge in [0.25, 0.3) is 0 Å². The molecule has 7 nitrogen and oxygen atoms in total. The Bertz CT molecular complexity index is 1270. The predicted molar refractivity (Wildman–Crippen MR) is 102 cm³/mol. The van der Waals surface area contributed by atoms with E-state index in [4.69, 9.17) is 0 Å². The van der Waals surface area contributed by atoms with Crippen LogP contribution in [0.15, 0.2) is 49.2 Å². The summed E-state index contributed by atoms with van der Waals surface area (Å²) in [4.78, 5) is 9.75. The molecule has 1 unspecified atom stereocenters. The zero-order valence-electron chi connectivity index (χ0n) is 14.3. The van der Waals surface area contributed by atoms with Crippen molar-refractivity contribution in [1.82, 2.24) is 29.4 Å². The number of hydrogen-bond acceptors (Lipinski definition) is 5. The van der Waals surface area contributed by atoms with Gasteiger partial charge in [0.05, 0.1) is 29.3 Å². The molecule has 1 atom stereocenters. The van der Waals surface area contributed by atoms with Gasteiger partial charge in [-0.2, -0.15) is 0 Å². The topological polar surface area (TPSA) is 84.0 Å². The number of para-hydroxylation sites is 1. The molecule has 2 N–H and O–H groups in total. The number of aromatic nitrogens is 6. The van der Waals surface area contributed by atoms with Gasteiger partial charge in [-0.25, -0.2) is 9.67 Å². The van der Waals surface area contributed by atoms with Crippen molar-refractivity contribution in [2.75, 3.05) is 0 Å². The summed E-state index contributed by atoms with van der Waals surface area (Å²) in [6, 6.07) is 8.04. The SMILES string of the molecule is OC(c1cn(-c2cccc3cc[nH]c23)nn1)c1c(C2CC2)sc2cncn12. The van der Waals surface area contributed by atoms with E-state index in [-0.39, 0.29) is 0 Å². The Labute approximate surface area is 157 Å². The highest BCUT2D eigenvalue weighted by atomic mass is 32.1. The van der Waals surface area contributed by atoms with Gasteiger partial charge in [0.2, 0.25) is 0 Å². The van der Waals surface area contributed by atoms with Crippen LogP contribution in [0.4, 0.5) is 0 Å². The monoisotopic (exact) mass is 376 g/mol. The van der Waals surface area contributed by atoms with E-state index in [2.05, 4.69) is 20.3 Å². The number of aliphatic hydroxyl groups is 1. The summed E-state index contributed by atoms with van der Waals surface area (Å²) in [5.41, 5.74) is 3.31. The molecule has 1 aromatic carbocycles. The van der Waals surface area contributed by atoms with Crippen LogP contribution in [0.3, 0.4) is 0 Å². The molecule has 1 fully saturated rings. The fourth-order valence-electron chi connectivity index (χ4n) is 3.65. The lowest BCUT2D eigenvalue weighted by Crippen LogP contribution is -2.06. The minimum atomic E-state index is -0.833. The van der Waals surface area contributed by atoms with E-state index in [9.17, 15) is 5.11 Å². The number of aliphatic hydroxyl groups excluding tert-OH is 1. The van der Waals surface area contributed by atoms with Gasteiger partial charge in [0.15, 0.2) is 0 Å². The van der Waals surface area contributed by atoms with Crippen LogP contribution < -0.4 is 0 Å². The number of imidazole rings is 1. The number of nitrogens with one attached hydrogen (secondary N) is 1. The van der Waals surface area contributed by atoms with Crippen LogP contribution in [-0.2, 0) is 0 Å². The standard InChI is InChI=1S/C19H16N6OS/c26-18(17-19(12-4-5-12)27-15-8-20-10-24(15)17)13-9-25(23-22-13)14-3-1-2-11-6-7-21-16(11)14/h1-3,6-10,12,18,21,26H,4-5H2. The largest absolute Gasteiger partial charge is 0.380 e. The van der Waals surface area contributed by atoms with Crippen LogP contribution >= 0.6 is 11.3 Å². The Balaban J connectivity index is 1.45. The van der Waals surface area contributed by atoms with E-state index in [1.165, 1.54) is 17.7 Å². The van der Waals surface area contributed by atoms with Gasteiger partial charge in [-0.15, -0.1) is 16.4 Å². The third-order valence-electron chi connectivity index (χ3n) is 5.14. The number of thiazole rings is 1. The smallest absolute Gasteiger partial charge is 0.141 e. The minimum absolute atomic E-state index is 0.536. The van der Waals surface area contributed by atoms with Crippen LogP contribution in [0.5, 0.6) is 0 Å². The molecule has 5 aromatic rings. The van der Waals surface area contributed by atoms with Crippen molar-refractivity contribution in [1.29, 1.82) is 0 Å². The second-order valence-electron chi connectivity index (χ2n) is 6.94. The number of aromatic amines is 1. The number of nitrogens with zero attached hydrogens (tertiary/aromatic N) is 5. The van der Waals surface area contributed by atoms with Crippen molar-refractivity contribution in [2.24, 2.45) is 0 Å². The maximum Gasteiger partial charge on any atom is 0.141 e. The van der Waals surface area contributed by atoms with Crippen LogP contribution in [0.1, 0.15) is 41.1 Å². The summed E-state index contributed by atoms with van der Waals surface area (Å²) in [6.45, 7) is 0. The summed E-state index contributed by atoms with van der Waals surface area (Å²) < 4.78 is 3.69. The first kappa shape index (κ1) is 15.1. The molecule has 1 aliphatic carbocycles. The molecule has 0 amide bonds. The number of fused-ring (bicyclic) bond motifs is 2. The second-order valence-corrected chi connectivity index (χ2v) is 8.00. The normalized spacial score (nSPS) is 15.7. The average Bonchev–Trinajstić information content (AvgIpc) is 3.12. The van der Waals surface area contributed by atoms with E-state index in [1.807, 2.05) is 41.1 Å². The van der Waals surface area contributed by atoms with Gasteiger partial charge in [-0.3, -0.25) is 4.40 Å². The van der Waals surface area contributed by atoms with Crippen molar-refractivity contribution >= 4 is 27.1 Å². The average molecular weight is 376 g/mol. The molecular weight excluding hydrogens is 360 g/mol. The lowest BCUT2D eigenvalue weighted by molar-refractivity contribution is 0.208. The molecule has 0 bridgehead atoms. The minimum Gasteiger partial charge on any atom is -0.380 e. The van der Waals surface area contributed by atoms with Gasteiger partial charge >= 0.3 is 0 Å². The Morgan fingerprint density at radius 3 is 3.07 bits per heavy atom. The Hall–Kier alpha value is -2.97. The quantitative estimate of drug-likeness (QED) is 0.503. The van der Waals surface area contributed by atoms with Crippen LogP contribution in [0.25, 0.3) is 21.4 Å². The molecule has 1 saturated carbocycles. The summed E-state index contributed by atoms with van der Waals surface area (Å²) in [7, 11) is 0. The molecular formula is C19H16N6OS. The van der Waals surface area contributed by atoms with E-state index in [1.54, 1.807) is 28.5 Å². The van der Waals surface area contributed by atoms with Crippen molar-refractivity contribution in [3.63, 3.8) is 0 Å². The number of hydrogen-bond donors (Lipinski definition) is 2. The van der Waals surface area contributed by atoms with E-state index in [0.29, 0.717) is 11.6 Å². The number of rotatable bonds is 4. The lowest BCUT2D eigenvalue weighted by Gasteiger charge is -2.09. The Kier molecular flexibility index (Phi) is 3.09. The molecule has 6 rings (SSSR count). The van der Waals surface area contributed by atoms with Crippen molar-refractivity contribution in [3.8, 4) is 5.69 Å². The highest BCUT2D eigenvalue weighted by Crippen LogP contribution is 2.47. The van der Waals surface area contributed by atoms with Crippen LogP contribution in [0.2, 0.25) is 0 Å². The molecule has 0 saturated heterocycles. The molecule has 0 aliphatic heterocycles. The zero-order chi connectivity index (χ0) is 18.0. The fraction of sp³-hybridized carbons (Fsp3) is 0.211. The molecule has 4 heterocycles. The first-order chi connectivity index (χ1) is 13.3. The van der Waals surface area contributed by atoms with Gasteiger partial charge in [0.1, 0.15) is 23.0 Å². The molecule has 27 heavy (non-hydrogen) atoms. The van der Waals surface area contributed by atoms with Crippen molar-refractivity contribution < 1.29 is 5.11 Å². The molecule has 8 heteroatoms. The summed E-state index contributed by atoms with van der Waals surface area (Å²) in [5.74, 6) is 0.544. The van der Waals surface area contributed by atoms with Gasteiger partial charge in [0, 0.05) is 16.5 Å². The van der Waals surface area contributed by atoms with Gasteiger partial charge < -0.3 is 10.1 Å². The van der Waals surface area contributed by atoms with E-state index in [0.717, 1.165) is 27.1 Å². The highest BCUT2D eigenvalue weighted by molar-refractivity contribution is 7.17. The zero-order valence-corrected chi connectivity index (χ0v) is 15.1. The summed E-state index contributed by atoms with van der Waals surface area (Å²) in [5, 5.41) is 20.8. The van der Waals surface area contributed by atoms with Gasteiger partial charge in [-0.05, 0) is 30.9 Å². The Morgan fingerprint density at radius 2 is 2.19 bits per heavy atom. The first-order valence-electron chi connectivity index (χ1n) is 8.91. The van der Waals surface area contributed by atoms with Crippen molar-refractivity contribution in [2.45, 2.75) is 24.9 Å². The summed E-state index contributed by atoms with van der Waals surface area (Å²) in [6.07, 6.45) is 8.84. The molecule has 1 aliphatic rings. The van der Waals surface area contributed by atoms with Crippen LogP contribution in [0, 0.1) is 0 Å². The molecule has 0 spiro atoms. The first-order valence-corrected chi connectivity index (χ1v) is 9.72. The van der Waals surface area contributed by atoms with Gasteiger partial charge in [-0.1, -0.05) is 17.3 Å². The molecule has 4 aromatic heterocycles. The molecule has 134 valence electrons. The van der Waals surface area contributed by atoms with E-state index >= 15 is 0 Å². The van der Waals surface area contributed by atoms with E-state index < -0.39 is 6.10 Å². The number of H-pyrrole nitrogens is 1. The maximum absolute atomic E-state index is 11.1. The third-order valence-corrected chi connectivity index (χ3v) is 6.42. The maximum atomic E-state index is 11.1. The molecule has 0 radical (unpaired) electrons. The predicted octanol–water partition coefficient (Wildman–Crippen LogP) is 3.42. The van der Waals surface area contributed by atoms with Crippen LogP contribution in [-0.4, -0.2) is 34.5 Å². The van der Waals surface area contributed by atoms with Crippen molar-refractivity contribution in [3.05, 3.63) is 65.4 Å². The second kappa shape index (κ2) is 5.51. The number of benzene rings is 1. The highest BCUT2D eigenvalue weighted by Gasteiger charge is 2.33. The Morgan fingerprint density at radius 1 is 1.26 bits per heavy atom. The summed E-state index contributed by atoms with van der Waals surface area (Å²) >= 11 is 1.71. The lowest BCUT2D eigenvalue weighted by atomic mass is 10.1. The third kappa shape index (κ3) is 2.27.